The van der Waals surface area contributed by atoms with Crippen LogP contribution in [0.1, 0.15) is 26.2 Å². The van der Waals surface area contributed by atoms with Gasteiger partial charge in [0.1, 0.15) is 4.21 Å². The van der Waals surface area contributed by atoms with E-state index in [1.165, 1.54) is 24.2 Å². The molecule has 0 saturated carbocycles. The van der Waals surface area contributed by atoms with Gasteiger partial charge in [-0.3, -0.25) is 0 Å². The molecule has 0 unspecified atom stereocenters. The smallest absolute Gasteiger partial charge is 0.251 e. The molecular weight excluding hydrogens is 360 g/mol. The minimum atomic E-state index is -3.36. The standard InChI is InChI=1S/C13H21BrN2O2S2/c1-11-3-8-16(9-4-11)7-2-6-15-20(17,18)13-12(14)5-10-19-13/h5,10-11,15H,2-4,6-9H2,1H3. The topological polar surface area (TPSA) is 49.4 Å². The van der Waals surface area contributed by atoms with Crippen molar-refractivity contribution in [2.45, 2.75) is 30.4 Å². The molecule has 7 heteroatoms. The van der Waals surface area contributed by atoms with E-state index in [0.29, 0.717) is 15.2 Å². The molecule has 0 amide bonds. The van der Waals surface area contributed by atoms with Crippen molar-refractivity contribution in [2.75, 3.05) is 26.2 Å². The maximum atomic E-state index is 12.1. The van der Waals surface area contributed by atoms with Crippen LogP contribution < -0.4 is 4.72 Å². The Morgan fingerprint density at radius 3 is 2.75 bits per heavy atom. The van der Waals surface area contributed by atoms with Crippen LogP contribution in [0.4, 0.5) is 0 Å². The summed E-state index contributed by atoms with van der Waals surface area (Å²) in [7, 11) is -3.36. The summed E-state index contributed by atoms with van der Waals surface area (Å²) in [5, 5.41) is 1.77. The van der Waals surface area contributed by atoms with Crippen molar-refractivity contribution >= 4 is 37.3 Å². The number of nitrogens with one attached hydrogen (secondary N) is 1. The van der Waals surface area contributed by atoms with E-state index in [4.69, 9.17) is 0 Å². The third kappa shape index (κ3) is 4.53. The van der Waals surface area contributed by atoms with Crippen molar-refractivity contribution in [1.82, 2.24) is 9.62 Å². The Kier molecular flexibility index (Phi) is 6.04. The summed E-state index contributed by atoms with van der Waals surface area (Å²) in [5.74, 6) is 0.834. The van der Waals surface area contributed by atoms with Gasteiger partial charge in [0.25, 0.3) is 10.0 Å². The average Bonchev–Trinajstić information content (AvgIpc) is 2.84. The Balaban J connectivity index is 1.72. The van der Waals surface area contributed by atoms with Crippen molar-refractivity contribution in [1.29, 1.82) is 0 Å². The number of hydrogen-bond donors (Lipinski definition) is 1. The summed E-state index contributed by atoms with van der Waals surface area (Å²) in [6.45, 7) is 6.05. The third-order valence-corrected chi connectivity index (χ3v) is 7.78. The van der Waals surface area contributed by atoms with Gasteiger partial charge in [-0.25, -0.2) is 13.1 Å². The molecule has 0 atom stereocenters. The van der Waals surface area contributed by atoms with Crippen LogP contribution in [-0.2, 0) is 10.0 Å². The Hall–Kier alpha value is 0.0500. The van der Waals surface area contributed by atoms with Crippen molar-refractivity contribution in [3.63, 3.8) is 0 Å². The Morgan fingerprint density at radius 2 is 2.15 bits per heavy atom. The number of halogens is 1. The number of thiophene rings is 1. The van der Waals surface area contributed by atoms with Crippen LogP contribution >= 0.6 is 27.3 Å². The third-order valence-electron chi connectivity index (χ3n) is 3.65. The number of hydrogen-bond acceptors (Lipinski definition) is 4. The lowest BCUT2D eigenvalue weighted by Gasteiger charge is -2.30. The molecule has 1 aliphatic heterocycles. The maximum absolute atomic E-state index is 12.1. The number of likely N-dealkylation sites (tertiary alicyclic amines) is 1. The zero-order valence-corrected chi connectivity index (χ0v) is 14.9. The van der Waals surface area contributed by atoms with Gasteiger partial charge in [-0.05, 0) is 72.2 Å². The average molecular weight is 381 g/mol. The molecule has 1 aromatic heterocycles. The second-order valence-electron chi connectivity index (χ2n) is 5.33. The van der Waals surface area contributed by atoms with Gasteiger partial charge < -0.3 is 4.90 Å². The van der Waals surface area contributed by atoms with Gasteiger partial charge in [0.2, 0.25) is 0 Å². The van der Waals surface area contributed by atoms with Crippen LogP contribution in [0.2, 0.25) is 0 Å². The predicted molar refractivity (Wildman–Crippen MR) is 86.7 cm³/mol. The lowest BCUT2D eigenvalue weighted by molar-refractivity contribution is 0.191. The second kappa shape index (κ2) is 7.35. The normalized spacial score (nSPS) is 18.5. The van der Waals surface area contributed by atoms with Gasteiger partial charge in [-0.1, -0.05) is 6.92 Å². The zero-order chi connectivity index (χ0) is 14.6. The van der Waals surface area contributed by atoms with Gasteiger partial charge in [0, 0.05) is 11.0 Å². The molecule has 0 aliphatic carbocycles. The molecule has 114 valence electrons. The van der Waals surface area contributed by atoms with E-state index in [0.717, 1.165) is 32.0 Å². The highest BCUT2D eigenvalue weighted by Gasteiger charge is 2.19. The largest absolute Gasteiger partial charge is 0.303 e. The minimum Gasteiger partial charge on any atom is -0.303 e. The van der Waals surface area contributed by atoms with Gasteiger partial charge in [-0.15, -0.1) is 11.3 Å². The van der Waals surface area contributed by atoms with E-state index in [1.54, 1.807) is 11.4 Å². The van der Waals surface area contributed by atoms with Crippen molar-refractivity contribution in [3.05, 3.63) is 15.9 Å². The van der Waals surface area contributed by atoms with Crippen molar-refractivity contribution < 1.29 is 8.42 Å². The summed E-state index contributed by atoms with van der Waals surface area (Å²) in [6.07, 6.45) is 3.37. The number of sulfonamides is 1. The lowest BCUT2D eigenvalue weighted by Crippen LogP contribution is -2.35. The Labute approximate surface area is 133 Å². The molecule has 0 aromatic carbocycles. The molecule has 4 nitrogen and oxygen atoms in total. The molecule has 20 heavy (non-hydrogen) atoms. The van der Waals surface area contributed by atoms with Gasteiger partial charge in [0.05, 0.1) is 0 Å². The van der Waals surface area contributed by atoms with E-state index >= 15 is 0 Å². The van der Waals surface area contributed by atoms with Crippen LogP contribution in [0.5, 0.6) is 0 Å². The maximum Gasteiger partial charge on any atom is 0.251 e. The first kappa shape index (κ1) is 16.4. The summed E-state index contributed by atoms with van der Waals surface area (Å²) in [4.78, 5) is 2.43. The molecule has 0 spiro atoms. The highest BCUT2D eigenvalue weighted by atomic mass is 79.9. The zero-order valence-electron chi connectivity index (χ0n) is 11.6. The number of nitrogens with zero attached hydrogens (tertiary/aromatic N) is 1. The van der Waals surface area contributed by atoms with Crippen LogP contribution in [0.3, 0.4) is 0 Å². The fraction of sp³-hybridized carbons (Fsp3) is 0.692. The summed E-state index contributed by atoms with van der Waals surface area (Å²) in [6, 6.07) is 1.76. The SMILES string of the molecule is CC1CCN(CCCNS(=O)(=O)c2sccc2Br)CC1. The van der Waals surface area contributed by atoms with Gasteiger partial charge >= 0.3 is 0 Å². The fourth-order valence-corrected chi connectivity index (χ4v) is 5.79. The van der Waals surface area contributed by atoms with Crippen molar-refractivity contribution in [3.8, 4) is 0 Å². The molecule has 1 saturated heterocycles. The summed E-state index contributed by atoms with van der Waals surface area (Å²) < 4.78 is 27.8. The van der Waals surface area contributed by atoms with Crippen LogP contribution in [-0.4, -0.2) is 39.5 Å². The van der Waals surface area contributed by atoms with E-state index in [-0.39, 0.29) is 0 Å². The monoisotopic (exact) mass is 380 g/mol. The molecule has 1 N–H and O–H groups in total. The highest BCUT2D eigenvalue weighted by Crippen LogP contribution is 2.27. The van der Waals surface area contributed by atoms with Crippen LogP contribution in [0.15, 0.2) is 20.1 Å². The first-order valence-electron chi connectivity index (χ1n) is 6.94. The fourth-order valence-electron chi connectivity index (χ4n) is 2.33. The molecule has 1 aliphatic rings. The van der Waals surface area contributed by atoms with Crippen molar-refractivity contribution in [2.24, 2.45) is 5.92 Å². The summed E-state index contributed by atoms with van der Waals surface area (Å²) >= 11 is 4.50. The van der Waals surface area contributed by atoms with E-state index in [1.807, 2.05) is 0 Å². The van der Waals surface area contributed by atoms with Crippen LogP contribution in [0, 0.1) is 5.92 Å². The minimum absolute atomic E-state index is 0.365. The number of piperidine rings is 1. The molecular formula is C13H21BrN2O2S2. The number of rotatable bonds is 6. The molecule has 2 rings (SSSR count). The Bertz CT molecular complexity index is 522. The quantitative estimate of drug-likeness (QED) is 0.771. The summed E-state index contributed by atoms with van der Waals surface area (Å²) in [5.41, 5.74) is 0. The predicted octanol–water partition coefficient (Wildman–Crippen LogP) is 2.91. The molecule has 0 bridgehead atoms. The van der Waals surface area contributed by atoms with E-state index in [2.05, 4.69) is 32.5 Å². The lowest BCUT2D eigenvalue weighted by atomic mass is 9.99. The molecule has 1 fully saturated rings. The van der Waals surface area contributed by atoms with Gasteiger partial charge in [-0.2, -0.15) is 0 Å². The highest BCUT2D eigenvalue weighted by molar-refractivity contribution is 9.10. The second-order valence-corrected chi connectivity index (χ2v) is 9.06. The Morgan fingerprint density at radius 1 is 1.45 bits per heavy atom. The first-order chi connectivity index (χ1) is 9.49. The molecule has 0 radical (unpaired) electrons. The van der Waals surface area contributed by atoms with E-state index < -0.39 is 10.0 Å². The van der Waals surface area contributed by atoms with Gasteiger partial charge in [0.15, 0.2) is 0 Å². The van der Waals surface area contributed by atoms with Crippen LogP contribution in [0.25, 0.3) is 0 Å². The molecule has 2 heterocycles. The van der Waals surface area contributed by atoms with E-state index in [9.17, 15) is 8.42 Å². The first-order valence-corrected chi connectivity index (χ1v) is 10.1. The molecule has 1 aromatic rings.